The Bertz CT molecular complexity index is 427. The highest BCUT2D eigenvalue weighted by Gasteiger charge is 2.04. The van der Waals surface area contributed by atoms with Crippen LogP contribution in [0.4, 0.5) is 0 Å². The van der Waals surface area contributed by atoms with Gasteiger partial charge < -0.3 is 15.2 Å². The van der Waals surface area contributed by atoms with E-state index in [1.54, 1.807) is 0 Å². The first-order chi connectivity index (χ1) is 9.84. The van der Waals surface area contributed by atoms with E-state index in [2.05, 4.69) is 17.4 Å². The molecule has 0 radical (unpaired) electrons. The first-order valence-electron chi connectivity index (χ1n) is 6.89. The topological polar surface area (TPSA) is 41.5 Å². The summed E-state index contributed by atoms with van der Waals surface area (Å²) in [6.07, 6.45) is -0.484. The third-order valence-corrected chi connectivity index (χ3v) is 2.97. The Hall–Kier alpha value is -1.68. The molecule has 0 saturated carbocycles. The van der Waals surface area contributed by atoms with E-state index in [0.717, 1.165) is 12.1 Å². The fourth-order valence-electron chi connectivity index (χ4n) is 1.92. The van der Waals surface area contributed by atoms with E-state index in [0.29, 0.717) is 19.8 Å². The van der Waals surface area contributed by atoms with E-state index in [1.165, 1.54) is 5.56 Å². The molecule has 0 fully saturated rings. The van der Waals surface area contributed by atoms with Crippen LogP contribution < -0.4 is 5.32 Å². The number of benzene rings is 2. The highest BCUT2D eigenvalue weighted by Crippen LogP contribution is 2.01. The lowest BCUT2D eigenvalue weighted by atomic mass is 10.2. The maximum Gasteiger partial charge on any atom is 0.0897 e. The average molecular weight is 271 g/mol. The summed E-state index contributed by atoms with van der Waals surface area (Å²) in [7, 11) is 0. The Balaban J connectivity index is 1.58. The molecule has 0 aliphatic heterocycles. The second-order valence-corrected chi connectivity index (χ2v) is 4.77. The summed E-state index contributed by atoms with van der Waals surface area (Å²) < 4.78 is 5.49. The lowest BCUT2D eigenvalue weighted by molar-refractivity contribution is 0.0287. The van der Waals surface area contributed by atoms with E-state index in [1.807, 2.05) is 48.5 Å². The molecule has 0 aromatic heterocycles. The highest BCUT2D eigenvalue weighted by molar-refractivity contribution is 5.14. The molecule has 0 bridgehead atoms. The zero-order valence-corrected chi connectivity index (χ0v) is 11.5. The minimum atomic E-state index is -0.484. The molecule has 2 aromatic carbocycles. The number of ether oxygens (including phenoxy) is 1. The standard InChI is InChI=1S/C17H21NO2/c19-17(12-18-11-15-7-3-1-4-8-15)14-20-13-16-9-5-2-6-10-16/h1-10,17-19H,11-14H2. The molecule has 1 atom stereocenters. The molecule has 0 saturated heterocycles. The summed E-state index contributed by atoms with van der Waals surface area (Å²) in [6.45, 7) is 2.17. The van der Waals surface area contributed by atoms with Gasteiger partial charge in [-0.1, -0.05) is 60.7 Å². The lowest BCUT2D eigenvalue weighted by Crippen LogP contribution is -2.30. The van der Waals surface area contributed by atoms with Crippen molar-refractivity contribution < 1.29 is 9.84 Å². The van der Waals surface area contributed by atoms with Crippen LogP contribution in [-0.2, 0) is 17.9 Å². The minimum Gasteiger partial charge on any atom is -0.389 e. The van der Waals surface area contributed by atoms with Crippen molar-refractivity contribution >= 4 is 0 Å². The van der Waals surface area contributed by atoms with Gasteiger partial charge in [0.2, 0.25) is 0 Å². The number of rotatable bonds is 8. The predicted molar refractivity (Wildman–Crippen MR) is 80.3 cm³/mol. The van der Waals surface area contributed by atoms with Gasteiger partial charge in [-0.2, -0.15) is 0 Å². The van der Waals surface area contributed by atoms with Crippen molar-refractivity contribution in [3.63, 3.8) is 0 Å². The van der Waals surface area contributed by atoms with Gasteiger partial charge in [0.25, 0.3) is 0 Å². The summed E-state index contributed by atoms with van der Waals surface area (Å²) in [4.78, 5) is 0. The fraction of sp³-hybridized carbons (Fsp3) is 0.294. The second kappa shape index (κ2) is 8.48. The van der Waals surface area contributed by atoms with Gasteiger partial charge in [0.15, 0.2) is 0 Å². The Morgan fingerprint density at radius 3 is 2.15 bits per heavy atom. The van der Waals surface area contributed by atoms with E-state index >= 15 is 0 Å². The van der Waals surface area contributed by atoms with Gasteiger partial charge in [0.1, 0.15) is 0 Å². The van der Waals surface area contributed by atoms with Crippen LogP contribution in [0, 0.1) is 0 Å². The molecule has 20 heavy (non-hydrogen) atoms. The molecule has 106 valence electrons. The zero-order chi connectivity index (χ0) is 14.0. The van der Waals surface area contributed by atoms with Crippen LogP contribution in [0.15, 0.2) is 60.7 Å². The normalized spacial score (nSPS) is 12.2. The Kier molecular flexibility index (Phi) is 6.24. The molecule has 2 rings (SSSR count). The average Bonchev–Trinajstić information content (AvgIpc) is 2.49. The molecule has 0 heterocycles. The number of nitrogens with one attached hydrogen (secondary N) is 1. The van der Waals surface area contributed by atoms with Gasteiger partial charge in [-0.15, -0.1) is 0 Å². The first kappa shape index (κ1) is 14.7. The third-order valence-electron chi connectivity index (χ3n) is 2.97. The van der Waals surface area contributed by atoms with Crippen LogP contribution in [0.3, 0.4) is 0 Å². The number of aliphatic hydroxyl groups is 1. The second-order valence-electron chi connectivity index (χ2n) is 4.77. The molecule has 3 nitrogen and oxygen atoms in total. The Morgan fingerprint density at radius 2 is 1.50 bits per heavy atom. The summed E-state index contributed by atoms with van der Waals surface area (Å²) in [6, 6.07) is 20.1. The van der Waals surface area contributed by atoms with Crippen LogP contribution >= 0.6 is 0 Å². The molecule has 0 aliphatic carbocycles. The van der Waals surface area contributed by atoms with Gasteiger partial charge in [0.05, 0.1) is 19.3 Å². The van der Waals surface area contributed by atoms with Gasteiger partial charge in [-0.25, -0.2) is 0 Å². The van der Waals surface area contributed by atoms with Crippen molar-refractivity contribution in [1.29, 1.82) is 0 Å². The number of hydrogen-bond acceptors (Lipinski definition) is 3. The summed E-state index contributed by atoms with van der Waals surface area (Å²) >= 11 is 0. The monoisotopic (exact) mass is 271 g/mol. The molecule has 1 unspecified atom stereocenters. The van der Waals surface area contributed by atoms with Crippen molar-refractivity contribution in [2.45, 2.75) is 19.3 Å². The molecule has 0 aliphatic rings. The van der Waals surface area contributed by atoms with E-state index in [4.69, 9.17) is 4.74 Å². The molecule has 0 amide bonds. The SMILES string of the molecule is OC(CNCc1ccccc1)COCc1ccccc1. The maximum absolute atomic E-state index is 9.82. The quantitative estimate of drug-likeness (QED) is 0.774. The molecular weight excluding hydrogens is 250 g/mol. The molecule has 3 heteroatoms. The number of aliphatic hydroxyl groups excluding tert-OH is 1. The van der Waals surface area contributed by atoms with Gasteiger partial charge >= 0.3 is 0 Å². The van der Waals surface area contributed by atoms with Crippen molar-refractivity contribution in [3.05, 3.63) is 71.8 Å². The third kappa shape index (κ3) is 5.53. The molecule has 2 aromatic rings. The van der Waals surface area contributed by atoms with Crippen molar-refractivity contribution in [2.75, 3.05) is 13.2 Å². The van der Waals surface area contributed by atoms with Crippen LogP contribution in [-0.4, -0.2) is 24.4 Å². The molecular formula is C17H21NO2. The van der Waals surface area contributed by atoms with E-state index < -0.39 is 6.10 Å². The van der Waals surface area contributed by atoms with Crippen LogP contribution in [0.2, 0.25) is 0 Å². The van der Waals surface area contributed by atoms with E-state index in [9.17, 15) is 5.11 Å². The van der Waals surface area contributed by atoms with Crippen LogP contribution in [0.25, 0.3) is 0 Å². The van der Waals surface area contributed by atoms with Gasteiger partial charge in [-0.05, 0) is 11.1 Å². The van der Waals surface area contributed by atoms with Crippen molar-refractivity contribution in [1.82, 2.24) is 5.32 Å². The first-order valence-corrected chi connectivity index (χ1v) is 6.89. The molecule has 2 N–H and O–H groups in total. The largest absolute Gasteiger partial charge is 0.389 e. The van der Waals surface area contributed by atoms with Crippen LogP contribution in [0.5, 0.6) is 0 Å². The predicted octanol–water partition coefficient (Wildman–Crippen LogP) is 2.35. The summed E-state index contributed by atoms with van der Waals surface area (Å²) in [5.74, 6) is 0. The van der Waals surface area contributed by atoms with Crippen LogP contribution in [0.1, 0.15) is 11.1 Å². The number of hydrogen-bond donors (Lipinski definition) is 2. The summed E-state index contributed by atoms with van der Waals surface area (Å²) in [5.41, 5.74) is 2.34. The van der Waals surface area contributed by atoms with Gasteiger partial charge in [-0.3, -0.25) is 0 Å². The maximum atomic E-state index is 9.82. The van der Waals surface area contributed by atoms with E-state index in [-0.39, 0.29) is 0 Å². The minimum absolute atomic E-state index is 0.344. The molecule has 0 spiro atoms. The highest BCUT2D eigenvalue weighted by atomic mass is 16.5. The Morgan fingerprint density at radius 1 is 0.900 bits per heavy atom. The van der Waals surface area contributed by atoms with Crippen molar-refractivity contribution in [2.24, 2.45) is 0 Å². The zero-order valence-electron chi connectivity index (χ0n) is 11.5. The summed E-state index contributed by atoms with van der Waals surface area (Å²) in [5, 5.41) is 13.0. The smallest absolute Gasteiger partial charge is 0.0897 e. The fourth-order valence-corrected chi connectivity index (χ4v) is 1.92. The Labute approximate surface area is 120 Å². The van der Waals surface area contributed by atoms with Gasteiger partial charge in [0, 0.05) is 13.1 Å². The van der Waals surface area contributed by atoms with Crippen molar-refractivity contribution in [3.8, 4) is 0 Å². The lowest BCUT2D eigenvalue weighted by Gasteiger charge is -2.12.